The minimum atomic E-state index is 0.535. The van der Waals surface area contributed by atoms with Crippen LogP contribution in [0.5, 0.6) is 0 Å². The molecule has 3 nitrogen and oxygen atoms in total. The number of fused-ring (bicyclic) bond motifs is 1. The first-order valence-corrected chi connectivity index (χ1v) is 10.0. The molecule has 0 atom stereocenters. The van der Waals surface area contributed by atoms with E-state index in [1.807, 2.05) is 22.9 Å². The van der Waals surface area contributed by atoms with Crippen LogP contribution in [0.2, 0.25) is 10.0 Å². The summed E-state index contributed by atoms with van der Waals surface area (Å²) in [6.45, 7) is 0.950. The summed E-state index contributed by atoms with van der Waals surface area (Å²) in [6.07, 6.45) is 3.33. The van der Waals surface area contributed by atoms with Crippen molar-refractivity contribution in [2.24, 2.45) is 0 Å². The Labute approximate surface area is 170 Å². The zero-order valence-electron chi connectivity index (χ0n) is 13.4. The second-order valence-electron chi connectivity index (χ2n) is 6.05. The molecule has 6 heteroatoms. The zero-order valence-corrected chi connectivity index (χ0v) is 17.1. The van der Waals surface area contributed by atoms with E-state index in [0.717, 1.165) is 43.0 Å². The van der Waals surface area contributed by atoms with Gasteiger partial charge in [0.25, 0.3) is 0 Å². The van der Waals surface area contributed by atoms with Gasteiger partial charge in [-0.05, 0) is 66.1 Å². The monoisotopic (exact) mass is 483 g/mol. The number of halogens is 3. The Kier molecular flexibility index (Phi) is 4.93. The molecular weight excluding hydrogens is 468 g/mol. The number of aromatic nitrogens is 2. The van der Waals surface area contributed by atoms with Crippen LogP contribution in [0, 0.1) is 3.57 Å². The van der Waals surface area contributed by atoms with Crippen LogP contribution in [0.15, 0.2) is 42.5 Å². The summed E-state index contributed by atoms with van der Waals surface area (Å²) < 4.78 is 3.16. The molecule has 1 aromatic heterocycles. The van der Waals surface area contributed by atoms with Gasteiger partial charge in [0.2, 0.25) is 0 Å². The Bertz CT molecular complexity index is 936. The number of nitrogens with zero attached hydrogens (tertiary/aromatic N) is 2. The molecule has 0 bridgehead atoms. The van der Waals surface area contributed by atoms with Crippen molar-refractivity contribution in [3.8, 4) is 16.9 Å². The van der Waals surface area contributed by atoms with Crippen molar-refractivity contribution in [3.63, 3.8) is 0 Å². The average Bonchev–Trinajstić information content (AvgIpc) is 2.79. The smallest absolute Gasteiger partial charge is 0.133 e. The van der Waals surface area contributed by atoms with E-state index < -0.39 is 0 Å². The van der Waals surface area contributed by atoms with Gasteiger partial charge in [-0.2, -0.15) is 5.10 Å². The fourth-order valence-electron chi connectivity index (χ4n) is 3.18. The highest BCUT2D eigenvalue weighted by atomic mass is 127. The number of rotatable bonds is 2. The Morgan fingerprint density at radius 2 is 1.88 bits per heavy atom. The van der Waals surface area contributed by atoms with E-state index in [2.05, 4.69) is 52.2 Å². The summed E-state index contributed by atoms with van der Waals surface area (Å²) in [5.41, 5.74) is 4.40. The Morgan fingerprint density at radius 1 is 1.04 bits per heavy atom. The fourth-order valence-corrected chi connectivity index (χ4v) is 4.11. The van der Waals surface area contributed by atoms with Crippen LogP contribution in [0.4, 0.5) is 5.82 Å². The maximum absolute atomic E-state index is 6.23. The molecular formula is C19H16Cl2IN3. The van der Waals surface area contributed by atoms with Crippen LogP contribution in [-0.2, 0) is 6.42 Å². The van der Waals surface area contributed by atoms with Crippen LogP contribution >= 0.6 is 45.8 Å². The molecule has 1 aliphatic rings. The molecule has 1 aliphatic heterocycles. The quantitative estimate of drug-likeness (QED) is 0.440. The van der Waals surface area contributed by atoms with Crippen LogP contribution < -0.4 is 5.32 Å². The largest absolute Gasteiger partial charge is 0.370 e. The van der Waals surface area contributed by atoms with Crippen molar-refractivity contribution in [1.29, 1.82) is 0 Å². The molecule has 0 aliphatic carbocycles. The molecule has 0 saturated heterocycles. The summed E-state index contributed by atoms with van der Waals surface area (Å²) in [4.78, 5) is 0. The van der Waals surface area contributed by atoms with Crippen LogP contribution in [0.25, 0.3) is 16.9 Å². The Morgan fingerprint density at radius 3 is 2.68 bits per heavy atom. The van der Waals surface area contributed by atoms with Gasteiger partial charge >= 0.3 is 0 Å². The van der Waals surface area contributed by atoms with Gasteiger partial charge in [-0.3, -0.25) is 0 Å². The molecule has 128 valence electrons. The van der Waals surface area contributed by atoms with E-state index in [-0.39, 0.29) is 0 Å². The summed E-state index contributed by atoms with van der Waals surface area (Å²) in [5.74, 6) is 1.06. The minimum Gasteiger partial charge on any atom is -0.370 e. The van der Waals surface area contributed by atoms with E-state index >= 15 is 0 Å². The SMILES string of the molecule is Clc1ccc(-n2nc(-c3ccccc3I)c3c2NCCCC3)cc1Cl. The topological polar surface area (TPSA) is 29.9 Å². The molecule has 3 aromatic rings. The number of anilines is 1. The van der Waals surface area contributed by atoms with E-state index in [9.17, 15) is 0 Å². The van der Waals surface area contributed by atoms with Crippen LogP contribution in [-0.4, -0.2) is 16.3 Å². The van der Waals surface area contributed by atoms with Crippen molar-refractivity contribution < 1.29 is 0 Å². The van der Waals surface area contributed by atoms with Crippen molar-refractivity contribution >= 4 is 51.6 Å². The third-order valence-electron chi connectivity index (χ3n) is 4.41. The molecule has 0 amide bonds. The molecule has 0 unspecified atom stereocenters. The molecule has 0 fully saturated rings. The predicted molar refractivity (Wildman–Crippen MR) is 113 cm³/mol. The lowest BCUT2D eigenvalue weighted by atomic mass is 10.0. The lowest BCUT2D eigenvalue weighted by molar-refractivity contribution is 0.780. The van der Waals surface area contributed by atoms with Crippen molar-refractivity contribution in [3.05, 3.63) is 61.6 Å². The average molecular weight is 484 g/mol. The Hall–Kier alpha value is -1.24. The predicted octanol–water partition coefficient (Wildman–Crippen LogP) is 6.20. The molecule has 0 spiro atoms. The lowest BCUT2D eigenvalue weighted by Gasteiger charge is -2.10. The molecule has 0 radical (unpaired) electrons. The lowest BCUT2D eigenvalue weighted by Crippen LogP contribution is -2.07. The van der Waals surface area contributed by atoms with Gasteiger partial charge < -0.3 is 5.32 Å². The third-order valence-corrected chi connectivity index (χ3v) is 6.09. The van der Waals surface area contributed by atoms with Crippen LogP contribution in [0.3, 0.4) is 0 Å². The first kappa shape index (κ1) is 17.2. The first-order valence-electron chi connectivity index (χ1n) is 8.21. The highest BCUT2D eigenvalue weighted by Gasteiger charge is 2.22. The summed E-state index contributed by atoms with van der Waals surface area (Å²) in [5, 5.41) is 9.60. The molecule has 0 saturated carbocycles. The van der Waals surface area contributed by atoms with Gasteiger partial charge in [0.1, 0.15) is 5.82 Å². The highest BCUT2D eigenvalue weighted by molar-refractivity contribution is 14.1. The maximum Gasteiger partial charge on any atom is 0.133 e. The summed E-state index contributed by atoms with van der Waals surface area (Å²) in [6, 6.07) is 14.0. The normalized spacial score (nSPS) is 13.9. The number of benzene rings is 2. The Balaban J connectivity index is 1.93. The molecule has 1 N–H and O–H groups in total. The number of hydrogen-bond acceptors (Lipinski definition) is 2. The second-order valence-corrected chi connectivity index (χ2v) is 8.03. The second kappa shape index (κ2) is 7.17. The van der Waals surface area contributed by atoms with Crippen molar-refractivity contribution in [1.82, 2.24) is 9.78 Å². The van der Waals surface area contributed by atoms with Gasteiger partial charge in [0.15, 0.2) is 0 Å². The number of nitrogens with one attached hydrogen (secondary N) is 1. The standard InChI is InChI=1S/C19H16Cl2IN3/c20-15-9-8-12(11-16(15)21)25-19-14(6-3-4-10-23-19)18(24-25)13-5-1-2-7-17(13)22/h1-2,5,7-9,11,23H,3-4,6,10H2. The van der Waals surface area contributed by atoms with E-state index in [0.29, 0.717) is 10.0 Å². The van der Waals surface area contributed by atoms with Crippen molar-refractivity contribution in [2.75, 3.05) is 11.9 Å². The van der Waals surface area contributed by atoms with E-state index in [1.54, 1.807) is 0 Å². The zero-order chi connectivity index (χ0) is 17.4. The van der Waals surface area contributed by atoms with Gasteiger partial charge in [-0.15, -0.1) is 0 Å². The summed E-state index contributed by atoms with van der Waals surface area (Å²) in [7, 11) is 0. The van der Waals surface area contributed by atoms with Gasteiger partial charge in [-0.25, -0.2) is 4.68 Å². The van der Waals surface area contributed by atoms with Gasteiger partial charge in [0.05, 0.1) is 21.4 Å². The fraction of sp³-hybridized carbons (Fsp3) is 0.211. The number of hydrogen-bond donors (Lipinski definition) is 1. The molecule has 25 heavy (non-hydrogen) atoms. The molecule has 4 rings (SSSR count). The molecule has 2 aromatic carbocycles. The van der Waals surface area contributed by atoms with Gasteiger partial charge in [0, 0.05) is 21.2 Å². The highest BCUT2D eigenvalue weighted by Crippen LogP contribution is 2.36. The summed E-state index contributed by atoms with van der Waals surface area (Å²) >= 11 is 14.7. The van der Waals surface area contributed by atoms with Crippen molar-refractivity contribution in [2.45, 2.75) is 19.3 Å². The van der Waals surface area contributed by atoms with Crippen LogP contribution in [0.1, 0.15) is 18.4 Å². The van der Waals surface area contributed by atoms with Gasteiger partial charge in [-0.1, -0.05) is 41.4 Å². The first-order chi connectivity index (χ1) is 12.1. The van der Waals surface area contributed by atoms with E-state index in [4.69, 9.17) is 28.3 Å². The minimum absolute atomic E-state index is 0.535. The third kappa shape index (κ3) is 3.27. The maximum atomic E-state index is 6.23. The van der Waals surface area contributed by atoms with E-state index in [1.165, 1.54) is 14.7 Å². The molecule has 2 heterocycles.